The fourth-order valence-electron chi connectivity index (χ4n) is 4.56. The van der Waals surface area contributed by atoms with Gasteiger partial charge in [-0.1, -0.05) is 45.9 Å². The molecule has 0 radical (unpaired) electrons. The maximum Gasteiger partial charge on any atom is 0.227 e. The van der Waals surface area contributed by atoms with Gasteiger partial charge in [-0.15, -0.1) is 9.24 Å². The van der Waals surface area contributed by atoms with Crippen LogP contribution in [0.3, 0.4) is 0 Å². The first-order valence-electron chi connectivity index (χ1n) is 14.4. The Kier molecular flexibility index (Phi) is 18.8. The summed E-state index contributed by atoms with van der Waals surface area (Å²) in [5.74, 6) is -0.546. The number of nitrogens with zero attached hydrogens (tertiary/aromatic N) is 3. The van der Waals surface area contributed by atoms with E-state index in [2.05, 4.69) is 14.2 Å². The van der Waals surface area contributed by atoms with E-state index in [-0.39, 0.29) is 31.9 Å². The predicted molar refractivity (Wildman–Crippen MR) is 180 cm³/mol. The maximum absolute atomic E-state index is 15.0. The van der Waals surface area contributed by atoms with Crippen molar-refractivity contribution in [3.8, 4) is 5.69 Å². The van der Waals surface area contributed by atoms with Gasteiger partial charge in [0.1, 0.15) is 18.2 Å². The summed E-state index contributed by atoms with van der Waals surface area (Å²) >= 11 is 0. The van der Waals surface area contributed by atoms with Crippen LogP contribution >= 0.6 is 22.7 Å². The molecule has 0 spiro atoms. The van der Waals surface area contributed by atoms with Crippen LogP contribution in [-0.2, 0) is 28.2 Å². The van der Waals surface area contributed by atoms with Gasteiger partial charge in [-0.2, -0.15) is 13.5 Å². The lowest BCUT2D eigenvalue weighted by Gasteiger charge is -2.36. The summed E-state index contributed by atoms with van der Waals surface area (Å²) < 4.78 is 17.0. The van der Waals surface area contributed by atoms with E-state index < -0.39 is 11.4 Å². The van der Waals surface area contributed by atoms with Crippen LogP contribution in [0.4, 0.5) is 4.39 Å². The quantitative estimate of drug-likeness (QED) is 0.206. The van der Waals surface area contributed by atoms with Crippen LogP contribution in [0.1, 0.15) is 76.4 Å². The number of halogens is 1. The van der Waals surface area contributed by atoms with E-state index in [1.54, 1.807) is 17.2 Å². The zero-order chi connectivity index (χ0) is 31.0. The van der Waals surface area contributed by atoms with Crippen LogP contribution in [-0.4, -0.2) is 44.5 Å². The van der Waals surface area contributed by atoms with Gasteiger partial charge in [0.25, 0.3) is 0 Å². The zero-order valence-corrected chi connectivity index (χ0v) is 28.1. The van der Waals surface area contributed by atoms with E-state index in [0.29, 0.717) is 36.8 Å². The predicted octanol–water partition coefficient (Wildman–Crippen LogP) is 7.06. The lowest BCUT2D eigenvalue weighted by atomic mass is 9.77. The van der Waals surface area contributed by atoms with Crippen molar-refractivity contribution < 1.29 is 19.1 Å². The Hall–Kier alpha value is -2.80. The minimum atomic E-state index is -0.864. The first-order valence-corrected chi connectivity index (χ1v) is 15.2. The monoisotopic (exact) mass is 617 g/mol. The second-order valence-corrected chi connectivity index (χ2v) is 9.73. The molecule has 3 aromatic rings. The first kappa shape index (κ1) is 39.2. The summed E-state index contributed by atoms with van der Waals surface area (Å²) in [5, 5.41) is 10.7. The molecule has 0 bridgehead atoms. The number of amides is 1. The normalized spacial score (nSPS) is 13.5. The number of benzene rings is 1. The molecule has 9 heteroatoms. The average Bonchev–Trinajstić information content (AvgIpc) is 3.43. The number of pyridine rings is 1. The van der Waals surface area contributed by atoms with Gasteiger partial charge in [-0.05, 0) is 86.8 Å². The smallest absolute Gasteiger partial charge is 0.227 e. The summed E-state index contributed by atoms with van der Waals surface area (Å²) in [4.78, 5) is 27.7. The largest absolute Gasteiger partial charge is 0.384 e. The Morgan fingerprint density at radius 1 is 1.19 bits per heavy atom. The van der Waals surface area contributed by atoms with Crippen molar-refractivity contribution in [3.63, 3.8) is 0 Å². The number of carbonyl (C=O) groups is 2. The van der Waals surface area contributed by atoms with Crippen LogP contribution in [0, 0.1) is 12.7 Å². The Morgan fingerprint density at radius 2 is 1.86 bits per heavy atom. The zero-order valence-electron chi connectivity index (χ0n) is 25.9. The molecule has 2 heterocycles. The first-order chi connectivity index (χ1) is 19.8. The highest BCUT2D eigenvalue weighted by molar-refractivity contribution is 7.59. The third-order valence-electron chi connectivity index (χ3n) is 6.82. The highest BCUT2D eigenvalue weighted by Gasteiger charge is 2.37. The third kappa shape index (κ3) is 10.2. The Labute approximate surface area is 261 Å². The van der Waals surface area contributed by atoms with E-state index in [9.17, 15) is 9.90 Å². The van der Waals surface area contributed by atoms with Gasteiger partial charge in [0.2, 0.25) is 5.91 Å². The summed E-state index contributed by atoms with van der Waals surface area (Å²) in [6.45, 7) is 14.2. The lowest BCUT2D eigenvalue weighted by Crippen LogP contribution is -2.41. The number of aromatic nitrogens is 2. The molecule has 42 heavy (non-hydrogen) atoms. The summed E-state index contributed by atoms with van der Waals surface area (Å²) in [6.07, 6.45) is 10.5. The van der Waals surface area contributed by atoms with Crippen molar-refractivity contribution in [1.29, 1.82) is 0 Å². The minimum Gasteiger partial charge on any atom is -0.384 e. The molecule has 232 valence electrons. The van der Waals surface area contributed by atoms with Gasteiger partial charge in [0.15, 0.2) is 0 Å². The summed E-state index contributed by atoms with van der Waals surface area (Å²) in [5.41, 5.74) is 2.80. The molecule has 2 aromatic heterocycles. The molecule has 1 N–H and O–H groups in total. The van der Waals surface area contributed by atoms with Crippen molar-refractivity contribution in [2.75, 3.05) is 6.16 Å². The lowest BCUT2D eigenvalue weighted by molar-refractivity contribution is -0.132. The number of aliphatic hydroxyl groups is 1. The molecule has 1 aromatic carbocycles. The molecular weight excluding hydrogens is 568 g/mol. The summed E-state index contributed by atoms with van der Waals surface area (Å²) in [7, 11) is 2.70. The summed E-state index contributed by atoms with van der Waals surface area (Å²) in [6, 6.07) is 12.5. The van der Waals surface area contributed by atoms with Crippen molar-refractivity contribution in [2.45, 2.75) is 85.4 Å². The fraction of sp³-hybridized carbons (Fsp3) is 0.424. The van der Waals surface area contributed by atoms with Gasteiger partial charge in [-0.25, -0.2) is 4.39 Å². The molecule has 0 saturated heterocycles. The second-order valence-electron chi connectivity index (χ2n) is 9.26. The van der Waals surface area contributed by atoms with Crippen LogP contribution in [0.2, 0.25) is 0 Å². The van der Waals surface area contributed by atoms with E-state index in [0.717, 1.165) is 23.4 Å². The molecule has 4 rings (SSSR count). The van der Waals surface area contributed by atoms with E-state index >= 15 is 4.39 Å². The molecule has 1 aliphatic rings. The number of allylic oxidation sites excluding steroid dienone is 1. The van der Waals surface area contributed by atoms with Crippen molar-refractivity contribution in [3.05, 3.63) is 95.3 Å². The van der Waals surface area contributed by atoms with Gasteiger partial charge in [0.05, 0.1) is 18.2 Å². The molecule has 1 aliphatic carbocycles. The van der Waals surface area contributed by atoms with Gasteiger partial charge < -0.3 is 19.4 Å². The molecule has 2 atom stereocenters. The molecular formula is C33H49FN3O3PS. The van der Waals surface area contributed by atoms with E-state index in [1.807, 2.05) is 102 Å². The average molecular weight is 618 g/mol. The van der Waals surface area contributed by atoms with Gasteiger partial charge in [-0.3, -0.25) is 9.78 Å². The second kappa shape index (κ2) is 20.2. The number of rotatable bonds is 9. The van der Waals surface area contributed by atoms with E-state index in [1.165, 1.54) is 6.07 Å². The number of hydrogen-bond donors (Lipinski definition) is 1. The topological polar surface area (TPSA) is 75.4 Å². The number of hydrogen-bond acceptors (Lipinski definition) is 4. The van der Waals surface area contributed by atoms with Crippen LogP contribution in [0.15, 0.2) is 67.0 Å². The van der Waals surface area contributed by atoms with Crippen LogP contribution < -0.4 is 0 Å². The van der Waals surface area contributed by atoms with Gasteiger partial charge >= 0.3 is 0 Å². The third-order valence-corrected chi connectivity index (χ3v) is 7.30. The Morgan fingerprint density at radius 3 is 2.36 bits per heavy atom. The number of aryl methyl sites for hydroxylation is 1. The standard InChI is InChI=1S/C28H33FN3O2P.2C2H6.CH2O.H2S/c1-3-6-24(19-35)32(18-21-10-13-30-26(15-21)28(34)11-5-12-28)27(33)16-22-8-9-23(17-25(22)29)31-14-4-7-20(31)2;3*1-2;/h3-4,6-10,13-15,17,24,34H,5,11-12,16,18-19,35H2,1-2H3;2*1-2H3;1H2;1H2/b6-3-;;;;. The van der Waals surface area contributed by atoms with E-state index in [4.69, 9.17) is 4.79 Å². The molecule has 1 fully saturated rings. The number of carbonyl (C=O) groups excluding carboxylic acids is 2. The van der Waals surface area contributed by atoms with Crippen molar-refractivity contribution >= 4 is 35.4 Å². The molecule has 0 aliphatic heterocycles. The maximum atomic E-state index is 15.0. The minimum absolute atomic E-state index is 0. The Balaban J connectivity index is 0.00000226. The highest BCUT2D eigenvalue weighted by Crippen LogP contribution is 2.40. The SMILES string of the molecule is C/C=C\C(CP)N(Cc1ccnc(C2(O)CCC2)c1)C(=O)Cc1ccc(-n2cccc2C)cc1F.C=O.CC.CC.S. The fourth-order valence-corrected chi connectivity index (χ4v) is 4.98. The molecule has 6 nitrogen and oxygen atoms in total. The van der Waals surface area contributed by atoms with Crippen LogP contribution in [0.5, 0.6) is 0 Å². The Bertz CT molecular complexity index is 1250. The van der Waals surface area contributed by atoms with Crippen molar-refractivity contribution in [2.24, 2.45) is 0 Å². The highest BCUT2D eigenvalue weighted by atomic mass is 32.1. The molecule has 2 unspecified atom stereocenters. The van der Waals surface area contributed by atoms with Gasteiger partial charge in [0, 0.05) is 30.3 Å². The molecule has 1 saturated carbocycles. The van der Waals surface area contributed by atoms with Crippen molar-refractivity contribution in [1.82, 2.24) is 14.5 Å². The molecule has 1 amide bonds. The van der Waals surface area contributed by atoms with Crippen LogP contribution in [0.25, 0.3) is 5.69 Å².